The molecule has 0 amide bonds. The van der Waals surface area contributed by atoms with E-state index in [0.29, 0.717) is 42.6 Å². The molecule has 0 aromatic heterocycles. The molecule has 3 rings (SSSR count). The van der Waals surface area contributed by atoms with Crippen LogP contribution in [0, 0.1) is 0 Å². The largest absolute Gasteiger partial charge is 0.496 e. The van der Waals surface area contributed by atoms with Gasteiger partial charge in [-0.05, 0) is 24.3 Å². The molecule has 1 aliphatic heterocycles. The highest BCUT2D eigenvalue weighted by Gasteiger charge is 2.20. The highest BCUT2D eigenvalue weighted by Crippen LogP contribution is 2.35. The van der Waals surface area contributed by atoms with Gasteiger partial charge < -0.3 is 33.9 Å². The van der Waals surface area contributed by atoms with Gasteiger partial charge in [0.2, 0.25) is 0 Å². The Morgan fingerprint density at radius 3 is 2.27 bits per heavy atom. The summed E-state index contributed by atoms with van der Waals surface area (Å²) in [5, 5.41) is 3.35. The van der Waals surface area contributed by atoms with Crippen LogP contribution in [0.3, 0.4) is 0 Å². The number of carbonyl (C=O) groups is 1. The second kappa shape index (κ2) is 10.1. The molecule has 8 nitrogen and oxygen atoms in total. The van der Waals surface area contributed by atoms with E-state index >= 15 is 0 Å². The summed E-state index contributed by atoms with van der Waals surface area (Å²) in [5.41, 5.74) is 3.05. The molecular formula is C22H28N2O6. The lowest BCUT2D eigenvalue weighted by molar-refractivity contribution is 0.0600. The van der Waals surface area contributed by atoms with Gasteiger partial charge >= 0.3 is 5.97 Å². The summed E-state index contributed by atoms with van der Waals surface area (Å²) < 4.78 is 26.6. The van der Waals surface area contributed by atoms with E-state index in [1.165, 1.54) is 7.11 Å². The number of rotatable bonds is 8. The summed E-state index contributed by atoms with van der Waals surface area (Å²) >= 11 is 0. The molecule has 0 atom stereocenters. The maximum Gasteiger partial charge on any atom is 0.340 e. The van der Waals surface area contributed by atoms with Crippen molar-refractivity contribution in [2.45, 2.75) is 6.54 Å². The van der Waals surface area contributed by atoms with Gasteiger partial charge in [0.05, 0.1) is 52.9 Å². The Hall–Kier alpha value is -3.13. The predicted molar refractivity (Wildman–Crippen MR) is 114 cm³/mol. The van der Waals surface area contributed by atoms with E-state index in [0.717, 1.165) is 30.0 Å². The van der Waals surface area contributed by atoms with Crippen LogP contribution in [0.4, 0.5) is 11.4 Å². The Bertz CT molecular complexity index is 880. The second-order valence-corrected chi connectivity index (χ2v) is 6.70. The number of benzene rings is 2. The zero-order chi connectivity index (χ0) is 21.5. The van der Waals surface area contributed by atoms with E-state index in [9.17, 15) is 4.79 Å². The fourth-order valence-corrected chi connectivity index (χ4v) is 3.43. The first-order valence-corrected chi connectivity index (χ1v) is 9.69. The molecule has 1 saturated heterocycles. The van der Waals surface area contributed by atoms with Gasteiger partial charge in [-0.15, -0.1) is 0 Å². The highest BCUT2D eigenvalue weighted by atomic mass is 16.5. The first-order valence-electron chi connectivity index (χ1n) is 9.69. The fraction of sp³-hybridized carbons (Fsp3) is 0.409. The van der Waals surface area contributed by atoms with Crippen molar-refractivity contribution in [1.82, 2.24) is 0 Å². The van der Waals surface area contributed by atoms with Crippen molar-refractivity contribution in [2.24, 2.45) is 0 Å². The molecule has 1 N–H and O–H groups in total. The average molecular weight is 416 g/mol. The van der Waals surface area contributed by atoms with Crippen molar-refractivity contribution in [3.05, 3.63) is 41.5 Å². The minimum Gasteiger partial charge on any atom is -0.496 e. The topological polar surface area (TPSA) is 78.5 Å². The zero-order valence-corrected chi connectivity index (χ0v) is 17.8. The molecule has 1 fully saturated rings. The third-order valence-electron chi connectivity index (χ3n) is 5.02. The lowest BCUT2D eigenvalue weighted by Gasteiger charge is -2.30. The van der Waals surface area contributed by atoms with Crippen LogP contribution in [0.2, 0.25) is 0 Å². The molecule has 1 heterocycles. The van der Waals surface area contributed by atoms with E-state index in [-0.39, 0.29) is 5.97 Å². The predicted octanol–water partition coefficient (Wildman–Crippen LogP) is 2.95. The number of hydrogen-bond donors (Lipinski definition) is 1. The Morgan fingerprint density at radius 1 is 0.967 bits per heavy atom. The van der Waals surface area contributed by atoms with Gasteiger partial charge in [0, 0.05) is 37.0 Å². The Balaban J connectivity index is 1.84. The highest BCUT2D eigenvalue weighted by molar-refractivity contribution is 5.97. The van der Waals surface area contributed by atoms with Crippen LogP contribution in [0.15, 0.2) is 30.3 Å². The number of methoxy groups -OCH3 is 4. The number of nitrogens with one attached hydrogen (secondary N) is 1. The van der Waals surface area contributed by atoms with Gasteiger partial charge in [0.15, 0.2) is 11.5 Å². The van der Waals surface area contributed by atoms with E-state index < -0.39 is 0 Å². The number of hydrogen-bond acceptors (Lipinski definition) is 8. The molecule has 1 aliphatic rings. The SMILES string of the molecule is COC(=O)c1cc(NCc2cc(OC)c(OC)cc2OC)ccc1N1CCOCC1. The van der Waals surface area contributed by atoms with Gasteiger partial charge in [-0.3, -0.25) is 0 Å². The Kier molecular flexibility index (Phi) is 7.24. The van der Waals surface area contributed by atoms with E-state index in [1.54, 1.807) is 27.4 Å². The molecule has 0 bridgehead atoms. The Morgan fingerprint density at radius 2 is 1.63 bits per heavy atom. The number of carbonyl (C=O) groups excluding carboxylic acids is 1. The van der Waals surface area contributed by atoms with Crippen LogP contribution < -0.4 is 24.4 Å². The molecule has 0 unspecified atom stereocenters. The second-order valence-electron chi connectivity index (χ2n) is 6.70. The lowest BCUT2D eigenvalue weighted by atomic mass is 10.1. The van der Waals surface area contributed by atoms with E-state index in [2.05, 4.69) is 10.2 Å². The van der Waals surface area contributed by atoms with Crippen LogP contribution in [0.5, 0.6) is 17.2 Å². The fourth-order valence-electron chi connectivity index (χ4n) is 3.43. The molecule has 162 valence electrons. The molecule has 8 heteroatoms. The summed E-state index contributed by atoms with van der Waals surface area (Å²) in [5.74, 6) is 1.52. The van der Waals surface area contributed by atoms with Gasteiger partial charge in [0.25, 0.3) is 0 Å². The smallest absolute Gasteiger partial charge is 0.340 e. The van der Waals surface area contributed by atoms with Gasteiger partial charge in [-0.1, -0.05) is 0 Å². The van der Waals surface area contributed by atoms with Crippen molar-refractivity contribution in [3.8, 4) is 17.2 Å². The summed E-state index contributed by atoms with van der Waals surface area (Å²) in [6, 6.07) is 9.35. The number of nitrogens with zero attached hydrogens (tertiary/aromatic N) is 1. The molecule has 30 heavy (non-hydrogen) atoms. The van der Waals surface area contributed by atoms with Gasteiger partial charge in [0.1, 0.15) is 5.75 Å². The van der Waals surface area contributed by atoms with Crippen molar-refractivity contribution < 1.29 is 28.5 Å². The number of ether oxygens (including phenoxy) is 5. The van der Waals surface area contributed by atoms with E-state index in [1.807, 2.05) is 24.3 Å². The van der Waals surface area contributed by atoms with E-state index in [4.69, 9.17) is 23.7 Å². The quantitative estimate of drug-likeness (QED) is 0.658. The maximum atomic E-state index is 12.4. The maximum absolute atomic E-state index is 12.4. The monoisotopic (exact) mass is 416 g/mol. The normalized spacial score (nSPS) is 13.5. The third-order valence-corrected chi connectivity index (χ3v) is 5.02. The van der Waals surface area contributed by atoms with Gasteiger partial charge in [-0.25, -0.2) is 4.79 Å². The third kappa shape index (κ3) is 4.71. The molecule has 0 spiro atoms. The van der Waals surface area contributed by atoms with Crippen LogP contribution >= 0.6 is 0 Å². The van der Waals surface area contributed by atoms with Crippen molar-refractivity contribution in [2.75, 3.05) is 65.0 Å². The molecule has 2 aromatic carbocycles. The first-order chi connectivity index (χ1) is 14.6. The number of morpholine rings is 1. The standard InChI is InChI=1S/C22H28N2O6/c1-26-19-13-21(28-3)20(27-2)11-15(19)14-23-16-5-6-18(17(12-16)22(25)29-4)24-7-9-30-10-8-24/h5-6,11-13,23H,7-10,14H2,1-4H3. The van der Waals surface area contributed by atoms with Crippen molar-refractivity contribution in [3.63, 3.8) is 0 Å². The summed E-state index contributed by atoms with van der Waals surface area (Å²) in [7, 11) is 6.17. The minimum atomic E-state index is -0.371. The van der Waals surface area contributed by atoms with Gasteiger partial charge in [-0.2, -0.15) is 0 Å². The molecule has 0 aliphatic carbocycles. The van der Waals surface area contributed by atoms with Crippen LogP contribution in [0.25, 0.3) is 0 Å². The molecule has 2 aromatic rings. The van der Waals surface area contributed by atoms with Crippen molar-refractivity contribution in [1.29, 1.82) is 0 Å². The lowest BCUT2D eigenvalue weighted by Crippen LogP contribution is -2.37. The Labute approximate surface area is 176 Å². The van der Waals surface area contributed by atoms with Crippen LogP contribution in [-0.4, -0.2) is 60.7 Å². The summed E-state index contributed by atoms with van der Waals surface area (Å²) in [6.07, 6.45) is 0. The molecule has 0 saturated carbocycles. The minimum absolute atomic E-state index is 0.371. The number of esters is 1. The first kappa shape index (κ1) is 21.6. The molecular weight excluding hydrogens is 388 g/mol. The summed E-state index contributed by atoms with van der Waals surface area (Å²) in [6.45, 7) is 3.22. The van der Waals surface area contributed by atoms with Crippen LogP contribution in [0.1, 0.15) is 15.9 Å². The number of anilines is 2. The molecule has 0 radical (unpaired) electrons. The van der Waals surface area contributed by atoms with Crippen LogP contribution in [-0.2, 0) is 16.0 Å². The zero-order valence-electron chi connectivity index (χ0n) is 17.8. The van der Waals surface area contributed by atoms with Crippen molar-refractivity contribution >= 4 is 17.3 Å². The summed E-state index contributed by atoms with van der Waals surface area (Å²) in [4.78, 5) is 14.5. The average Bonchev–Trinajstić information content (AvgIpc) is 2.81.